The number of rotatable bonds is 6. The minimum atomic E-state index is -0.693. The Morgan fingerprint density at radius 1 is 1.30 bits per heavy atom. The lowest BCUT2D eigenvalue weighted by molar-refractivity contribution is 0.138. The van der Waals surface area contributed by atoms with Crippen molar-refractivity contribution in [2.24, 2.45) is 4.99 Å². The van der Waals surface area contributed by atoms with E-state index in [0.29, 0.717) is 0 Å². The van der Waals surface area contributed by atoms with Crippen molar-refractivity contribution in [3.63, 3.8) is 0 Å². The minimum absolute atomic E-state index is 0.0551. The van der Waals surface area contributed by atoms with Gasteiger partial charge in [0.05, 0.1) is 23.6 Å². The van der Waals surface area contributed by atoms with Crippen LogP contribution in [0.1, 0.15) is 45.2 Å². The van der Waals surface area contributed by atoms with Crippen LogP contribution in [0.4, 0.5) is 4.79 Å². The molecule has 23 heavy (non-hydrogen) atoms. The highest BCUT2D eigenvalue weighted by atomic mass is 16.5. The molecule has 1 N–H and O–H groups in total. The van der Waals surface area contributed by atoms with Gasteiger partial charge in [0.15, 0.2) is 0 Å². The molecule has 0 atom stereocenters. The zero-order valence-electron chi connectivity index (χ0n) is 13.8. The van der Waals surface area contributed by atoms with Crippen LogP contribution >= 0.6 is 0 Å². The van der Waals surface area contributed by atoms with E-state index in [9.17, 15) is 9.59 Å². The van der Waals surface area contributed by atoms with Crippen LogP contribution in [0.3, 0.4) is 0 Å². The predicted molar refractivity (Wildman–Crippen MR) is 85.3 cm³/mol. The number of nitrogens with one attached hydrogen (secondary N) is 1. The van der Waals surface area contributed by atoms with Crippen molar-refractivity contribution in [3.8, 4) is 6.07 Å². The van der Waals surface area contributed by atoms with Crippen LogP contribution in [0.15, 0.2) is 29.3 Å². The summed E-state index contributed by atoms with van der Waals surface area (Å²) in [7, 11) is 0. The summed E-state index contributed by atoms with van der Waals surface area (Å²) in [6, 6.07) is 9.38. The Labute approximate surface area is 136 Å². The molecule has 6 nitrogen and oxygen atoms in total. The number of hydrogen-bond donors (Lipinski definition) is 1. The summed E-state index contributed by atoms with van der Waals surface area (Å²) in [6.45, 7) is 7.36. The Balaban J connectivity index is 2.94. The first-order valence-corrected chi connectivity index (χ1v) is 7.25. The molecule has 1 aromatic carbocycles. The second kappa shape index (κ2) is 7.57. The first kappa shape index (κ1) is 18.4. The van der Waals surface area contributed by atoms with Gasteiger partial charge in [-0.3, -0.25) is 0 Å². The maximum atomic E-state index is 11.8. The van der Waals surface area contributed by atoms with Crippen molar-refractivity contribution >= 4 is 12.2 Å². The quantitative estimate of drug-likeness (QED) is 0.496. The summed E-state index contributed by atoms with van der Waals surface area (Å²) in [6.07, 6.45) is 1.16. The molecule has 122 valence electrons. The van der Waals surface area contributed by atoms with Crippen LogP contribution in [0.2, 0.25) is 0 Å². The fourth-order valence-electron chi connectivity index (χ4n) is 2.02. The van der Waals surface area contributed by atoms with Crippen molar-refractivity contribution < 1.29 is 14.3 Å². The Morgan fingerprint density at radius 3 is 2.57 bits per heavy atom. The number of benzene rings is 1. The monoisotopic (exact) mass is 315 g/mol. The molecule has 1 rings (SSSR count). The highest BCUT2D eigenvalue weighted by molar-refractivity contribution is 5.68. The first-order valence-electron chi connectivity index (χ1n) is 7.25. The first-order chi connectivity index (χ1) is 10.7. The lowest BCUT2D eigenvalue weighted by Crippen LogP contribution is -2.41. The van der Waals surface area contributed by atoms with Gasteiger partial charge in [-0.05, 0) is 38.8 Å². The number of nitriles is 1. The lowest BCUT2D eigenvalue weighted by atomic mass is 9.88. The third-order valence-corrected chi connectivity index (χ3v) is 3.48. The van der Waals surface area contributed by atoms with Crippen molar-refractivity contribution in [3.05, 3.63) is 35.4 Å². The third-order valence-electron chi connectivity index (χ3n) is 3.48. The standard InChI is InChI=1S/C17H21N3O3/c1-16(2,19-12-21)13-7-5-8-14(11-13)17(3,4)20-15(22)23-10-6-9-18/h5,7-8,11H,6,10H2,1-4H3,(H,20,22). The van der Waals surface area contributed by atoms with Crippen LogP contribution in [-0.2, 0) is 20.6 Å². The molecule has 1 aromatic rings. The van der Waals surface area contributed by atoms with E-state index in [1.807, 2.05) is 58.0 Å². The molecule has 0 fully saturated rings. The number of carbonyl (C=O) groups is 1. The number of isocyanates is 1. The fourth-order valence-corrected chi connectivity index (χ4v) is 2.02. The number of carbonyl (C=O) groups excluding carboxylic acids is 2. The Bertz CT molecular complexity index is 653. The summed E-state index contributed by atoms with van der Waals surface area (Å²) in [5.41, 5.74) is 0.314. The minimum Gasteiger partial charge on any atom is -0.448 e. The SMILES string of the molecule is CC(C)(N=C=O)c1cccc(C(C)(C)NC(=O)OCCC#N)c1. The van der Waals surface area contributed by atoms with Gasteiger partial charge in [0.2, 0.25) is 6.08 Å². The molecule has 0 heterocycles. The van der Waals surface area contributed by atoms with Gasteiger partial charge in [-0.25, -0.2) is 9.59 Å². The molecule has 0 bridgehead atoms. The van der Waals surface area contributed by atoms with Gasteiger partial charge < -0.3 is 10.1 Å². The second-order valence-corrected chi connectivity index (χ2v) is 6.14. The van der Waals surface area contributed by atoms with E-state index in [0.717, 1.165) is 11.1 Å². The zero-order chi connectivity index (χ0) is 17.5. The molecule has 1 amide bonds. The number of aliphatic imine (C=N–C) groups is 1. The molecule has 6 heteroatoms. The molecule has 0 radical (unpaired) electrons. The lowest BCUT2D eigenvalue weighted by Gasteiger charge is -2.28. The molecular formula is C17H21N3O3. The molecule has 0 aliphatic rings. The van der Waals surface area contributed by atoms with Crippen LogP contribution in [0.25, 0.3) is 0 Å². The molecule has 0 aromatic heterocycles. The van der Waals surface area contributed by atoms with Crippen molar-refractivity contribution in [1.29, 1.82) is 5.26 Å². The fraction of sp³-hybridized carbons (Fsp3) is 0.471. The van der Waals surface area contributed by atoms with Gasteiger partial charge in [-0.15, -0.1) is 0 Å². The number of nitrogens with zero attached hydrogens (tertiary/aromatic N) is 2. The third kappa shape index (κ3) is 5.24. The van der Waals surface area contributed by atoms with E-state index in [2.05, 4.69) is 10.3 Å². The van der Waals surface area contributed by atoms with Crippen LogP contribution in [0, 0.1) is 11.3 Å². The number of amides is 1. The van der Waals surface area contributed by atoms with E-state index in [-0.39, 0.29) is 13.0 Å². The molecule has 0 aliphatic carbocycles. The van der Waals surface area contributed by atoms with Crippen molar-refractivity contribution in [2.45, 2.75) is 45.2 Å². The van der Waals surface area contributed by atoms with Crippen LogP contribution in [-0.4, -0.2) is 18.8 Å². The topological polar surface area (TPSA) is 91.6 Å². The summed E-state index contributed by atoms with van der Waals surface area (Å²) >= 11 is 0. The van der Waals surface area contributed by atoms with E-state index in [1.165, 1.54) is 0 Å². The number of hydrogen-bond acceptors (Lipinski definition) is 5. The summed E-state index contributed by atoms with van der Waals surface area (Å²) in [5.74, 6) is 0. The van der Waals surface area contributed by atoms with Crippen LogP contribution < -0.4 is 5.32 Å². The van der Waals surface area contributed by atoms with Gasteiger partial charge in [-0.1, -0.05) is 24.3 Å². The van der Waals surface area contributed by atoms with E-state index in [4.69, 9.17) is 10.00 Å². The normalized spacial score (nSPS) is 11.1. The molecule has 0 saturated heterocycles. The maximum absolute atomic E-state index is 11.8. The largest absolute Gasteiger partial charge is 0.448 e. The highest BCUT2D eigenvalue weighted by Crippen LogP contribution is 2.28. The van der Waals surface area contributed by atoms with Gasteiger partial charge in [0, 0.05) is 0 Å². The van der Waals surface area contributed by atoms with Gasteiger partial charge >= 0.3 is 6.09 Å². The molecule has 0 spiro atoms. The highest BCUT2D eigenvalue weighted by Gasteiger charge is 2.26. The molecule has 0 unspecified atom stereocenters. The smallest absolute Gasteiger partial charge is 0.407 e. The van der Waals surface area contributed by atoms with Gasteiger partial charge in [-0.2, -0.15) is 10.3 Å². The number of alkyl carbamates (subject to hydrolysis) is 1. The molecule has 0 aliphatic heterocycles. The number of ether oxygens (including phenoxy) is 1. The average molecular weight is 315 g/mol. The summed E-state index contributed by atoms with van der Waals surface area (Å²) in [4.78, 5) is 26.1. The Morgan fingerprint density at radius 2 is 1.96 bits per heavy atom. The van der Waals surface area contributed by atoms with E-state index >= 15 is 0 Å². The van der Waals surface area contributed by atoms with Crippen LogP contribution in [0.5, 0.6) is 0 Å². The molecule has 0 saturated carbocycles. The predicted octanol–water partition coefficient (Wildman–Crippen LogP) is 3.13. The summed E-state index contributed by atoms with van der Waals surface area (Å²) in [5, 5.41) is 11.2. The molecular weight excluding hydrogens is 294 g/mol. The van der Waals surface area contributed by atoms with Gasteiger partial charge in [0.25, 0.3) is 0 Å². The van der Waals surface area contributed by atoms with Crippen molar-refractivity contribution in [2.75, 3.05) is 6.61 Å². The van der Waals surface area contributed by atoms with E-state index in [1.54, 1.807) is 6.08 Å². The second-order valence-electron chi connectivity index (χ2n) is 6.14. The van der Waals surface area contributed by atoms with Gasteiger partial charge in [0.1, 0.15) is 6.61 Å². The van der Waals surface area contributed by atoms with E-state index < -0.39 is 17.2 Å². The maximum Gasteiger partial charge on any atom is 0.407 e. The zero-order valence-corrected chi connectivity index (χ0v) is 13.8. The Hall–Kier alpha value is -2.64. The average Bonchev–Trinajstić information content (AvgIpc) is 2.47. The summed E-state index contributed by atoms with van der Waals surface area (Å²) < 4.78 is 4.93. The van der Waals surface area contributed by atoms with Crippen molar-refractivity contribution in [1.82, 2.24) is 5.32 Å². The Kier molecular flexibility index (Phi) is 6.06.